The molecule has 0 aliphatic heterocycles. The lowest BCUT2D eigenvalue weighted by Crippen LogP contribution is -1.98. The van der Waals surface area contributed by atoms with Crippen molar-refractivity contribution in [1.82, 2.24) is 20.2 Å². The second-order valence-corrected chi connectivity index (χ2v) is 3.59. The number of nitrogens with one attached hydrogen (secondary N) is 1. The highest BCUT2D eigenvalue weighted by molar-refractivity contribution is 5.61. The molecule has 0 saturated heterocycles. The summed E-state index contributed by atoms with van der Waals surface area (Å²) >= 11 is 0. The number of aromatic amines is 1. The fourth-order valence-electron chi connectivity index (χ4n) is 1.61. The van der Waals surface area contributed by atoms with Crippen LogP contribution in [0.4, 0.5) is 0 Å². The van der Waals surface area contributed by atoms with E-state index in [2.05, 4.69) is 20.2 Å². The van der Waals surface area contributed by atoms with Gasteiger partial charge >= 0.3 is 0 Å². The molecule has 6 nitrogen and oxygen atoms in total. The predicted octanol–water partition coefficient (Wildman–Crippen LogP) is 1.50. The molecule has 0 aromatic carbocycles. The summed E-state index contributed by atoms with van der Waals surface area (Å²) in [7, 11) is 3.11. The average molecular weight is 234 g/mol. The van der Waals surface area contributed by atoms with Crippen LogP contribution in [0.3, 0.4) is 0 Å². The number of rotatable bonds is 3. The summed E-state index contributed by atoms with van der Waals surface area (Å²) in [6, 6.07) is 1.63. The maximum atomic E-state index is 5.11. The second-order valence-electron chi connectivity index (χ2n) is 3.59. The van der Waals surface area contributed by atoms with Crippen LogP contribution in [0.15, 0.2) is 6.07 Å². The maximum absolute atomic E-state index is 5.11. The Balaban J connectivity index is 2.58. The zero-order valence-electron chi connectivity index (χ0n) is 10.2. The average Bonchev–Trinajstić information content (AvgIpc) is 2.68. The molecule has 17 heavy (non-hydrogen) atoms. The van der Waals surface area contributed by atoms with E-state index >= 15 is 0 Å². The Morgan fingerprint density at radius 2 is 1.65 bits per heavy atom. The number of aryl methyl sites for hydroxylation is 2. The van der Waals surface area contributed by atoms with Gasteiger partial charge in [-0.15, -0.1) is 0 Å². The molecule has 0 unspecified atom stereocenters. The highest BCUT2D eigenvalue weighted by Crippen LogP contribution is 2.26. The van der Waals surface area contributed by atoms with Gasteiger partial charge in [0.05, 0.1) is 31.5 Å². The lowest BCUT2D eigenvalue weighted by Gasteiger charge is -2.06. The van der Waals surface area contributed by atoms with Gasteiger partial charge in [0.25, 0.3) is 0 Å². The van der Waals surface area contributed by atoms with Crippen LogP contribution in [-0.4, -0.2) is 34.4 Å². The molecule has 0 atom stereocenters. The fourth-order valence-corrected chi connectivity index (χ4v) is 1.61. The van der Waals surface area contributed by atoms with Crippen molar-refractivity contribution in [3.05, 3.63) is 17.5 Å². The molecule has 0 bridgehead atoms. The van der Waals surface area contributed by atoms with Gasteiger partial charge in [-0.2, -0.15) is 15.1 Å². The molecule has 1 N–H and O–H groups in total. The zero-order chi connectivity index (χ0) is 12.4. The zero-order valence-corrected chi connectivity index (χ0v) is 10.2. The van der Waals surface area contributed by atoms with Crippen LogP contribution < -0.4 is 9.47 Å². The molecule has 2 rings (SSSR count). The molecule has 90 valence electrons. The first-order chi connectivity index (χ1) is 8.15. The smallest absolute Gasteiger partial charge is 0.220 e. The molecule has 0 amide bonds. The predicted molar refractivity (Wildman–Crippen MR) is 62.2 cm³/mol. The van der Waals surface area contributed by atoms with Crippen molar-refractivity contribution in [2.45, 2.75) is 13.8 Å². The van der Waals surface area contributed by atoms with Crippen molar-refractivity contribution in [3.8, 4) is 23.1 Å². The van der Waals surface area contributed by atoms with E-state index in [0.29, 0.717) is 17.6 Å². The fraction of sp³-hybridized carbons (Fsp3) is 0.364. The summed E-state index contributed by atoms with van der Waals surface area (Å²) in [4.78, 5) is 8.58. The Morgan fingerprint density at radius 1 is 1.06 bits per heavy atom. The highest BCUT2D eigenvalue weighted by Gasteiger charge is 2.14. The van der Waals surface area contributed by atoms with Gasteiger partial charge < -0.3 is 9.47 Å². The van der Waals surface area contributed by atoms with Crippen LogP contribution in [0.25, 0.3) is 11.4 Å². The minimum Gasteiger partial charge on any atom is -0.481 e. The van der Waals surface area contributed by atoms with Gasteiger partial charge in [0.1, 0.15) is 0 Å². The van der Waals surface area contributed by atoms with Crippen molar-refractivity contribution < 1.29 is 9.47 Å². The van der Waals surface area contributed by atoms with Gasteiger partial charge in [-0.3, -0.25) is 5.10 Å². The van der Waals surface area contributed by atoms with Gasteiger partial charge in [0.2, 0.25) is 11.8 Å². The molecule has 6 heteroatoms. The van der Waals surface area contributed by atoms with Gasteiger partial charge in [-0.25, -0.2) is 0 Å². The number of ether oxygens (including phenoxy) is 2. The molecule has 0 fully saturated rings. The van der Waals surface area contributed by atoms with Crippen LogP contribution in [0.2, 0.25) is 0 Å². The Morgan fingerprint density at radius 3 is 2.06 bits per heavy atom. The first-order valence-electron chi connectivity index (χ1n) is 5.14. The van der Waals surface area contributed by atoms with E-state index in [4.69, 9.17) is 9.47 Å². The molecule has 0 aliphatic carbocycles. The third kappa shape index (κ3) is 2.06. The van der Waals surface area contributed by atoms with Crippen molar-refractivity contribution in [2.75, 3.05) is 14.2 Å². The van der Waals surface area contributed by atoms with E-state index in [-0.39, 0.29) is 0 Å². The first kappa shape index (κ1) is 11.4. The Bertz CT molecular complexity index is 495. The summed E-state index contributed by atoms with van der Waals surface area (Å²) in [6.07, 6.45) is 0. The van der Waals surface area contributed by atoms with Crippen molar-refractivity contribution in [3.63, 3.8) is 0 Å². The lowest BCUT2D eigenvalue weighted by atomic mass is 10.2. The number of nitrogens with zero attached hydrogens (tertiary/aromatic N) is 3. The lowest BCUT2D eigenvalue weighted by molar-refractivity contribution is 0.372. The van der Waals surface area contributed by atoms with Crippen molar-refractivity contribution >= 4 is 0 Å². The minimum absolute atomic E-state index is 0.465. The number of H-pyrrole nitrogens is 1. The Kier molecular flexibility index (Phi) is 2.95. The summed E-state index contributed by atoms with van der Waals surface area (Å²) < 4.78 is 10.2. The number of hydrogen-bond donors (Lipinski definition) is 1. The molecule has 0 saturated carbocycles. The van der Waals surface area contributed by atoms with Crippen LogP contribution in [0.5, 0.6) is 11.8 Å². The SMILES string of the molecule is COc1cc(OC)nc(-c2c(C)n[nH]c2C)n1. The molecule has 2 aromatic heterocycles. The van der Waals surface area contributed by atoms with Gasteiger partial charge in [-0.05, 0) is 13.8 Å². The standard InChI is InChI=1S/C11H14N4O2/c1-6-10(7(2)15-14-6)11-12-8(16-3)5-9(13-11)17-4/h5H,1-4H3,(H,14,15). The van der Waals surface area contributed by atoms with Gasteiger partial charge in [0.15, 0.2) is 5.82 Å². The molecule has 2 aromatic rings. The largest absolute Gasteiger partial charge is 0.481 e. The summed E-state index contributed by atoms with van der Waals surface area (Å²) in [5.74, 6) is 1.48. The maximum Gasteiger partial charge on any atom is 0.220 e. The number of aromatic nitrogens is 4. The van der Waals surface area contributed by atoms with E-state index in [1.807, 2.05) is 13.8 Å². The summed E-state index contributed by atoms with van der Waals surface area (Å²) in [6.45, 7) is 3.82. The molecular formula is C11H14N4O2. The minimum atomic E-state index is 0.465. The van der Waals surface area contributed by atoms with E-state index in [1.165, 1.54) is 0 Å². The Hall–Kier alpha value is -2.11. The van der Waals surface area contributed by atoms with E-state index in [9.17, 15) is 0 Å². The highest BCUT2D eigenvalue weighted by atomic mass is 16.5. The van der Waals surface area contributed by atoms with E-state index in [0.717, 1.165) is 17.0 Å². The van der Waals surface area contributed by atoms with Crippen molar-refractivity contribution in [2.24, 2.45) is 0 Å². The monoisotopic (exact) mass is 234 g/mol. The summed E-state index contributed by atoms with van der Waals surface area (Å²) in [5, 5.41) is 7.02. The number of methoxy groups -OCH3 is 2. The van der Waals surface area contributed by atoms with E-state index < -0.39 is 0 Å². The molecule has 0 radical (unpaired) electrons. The van der Waals surface area contributed by atoms with Crippen LogP contribution >= 0.6 is 0 Å². The van der Waals surface area contributed by atoms with Gasteiger partial charge in [0, 0.05) is 5.69 Å². The molecular weight excluding hydrogens is 220 g/mol. The van der Waals surface area contributed by atoms with Crippen LogP contribution in [0.1, 0.15) is 11.4 Å². The molecule has 2 heterocycles. The van der Waals surface area contributed by atoms with E-state index in [1.54, 1.807) is 20.3 Å². The third-order valence-corrected chi connectivity index (χ3v) is 2.45. The second kappa shape index (κ2) is 4.40. The van der Waals surface area contributed by atoms with Crippen molar-refractivity contribution in [1.29, 1.82) is 0 Å². The summed E-state index contributed by atoms with van der Waals surface area (Å²) in [5.41, 5.74) is 2.64. The topological polar surface area (TPSA) is 72.9 Å². The number of hydrogen-bond acceptors (Lipinski definition) is 5. The Labute approximate surface area is 99.0 Å². The quantitative estimate of drug-likeness (QED) is 0.871. The van der Waals surface area contributed by atoms with Crippen LogP contribution in [-0.2, 0) is 0 Å². The normalized spacial score (nSPS) is 10.4. The molecule has 0 spiro atoms. The van der Waals surface area contributed by atoms with Crippen LogP contribution in [0, 0.1) is 13.8 Å². The molecule has 0 aliphatic rings. The van der Waals surface area contributed by atoms with Gasteiger partial charge in [-0.1, -0.05) is 0 Å². The third-order valence-electron chi connectivity index (χ3n) is 2.45. The first-order valence-corrected chi connectivity index (χ1v) is 5.14.